The molecular weight excluding hydrogens is 308 g/mol. The van der Waals surface area contributed by atoms with E-state index in [4.69, 9.17) is 11.6 Å². The molecule has 0 bridgehead atoms. The summed E-state index contributed by atoms with van der Waals surface area (Å²) in [7, 11) is 0. The standard InChI is InChI=1S/C12H12BrClFNO/c13-8-5-4-7(6-10(8)15)12(17)16-11-3-1-2-9(11)14/h4-6,9,11H,1-3H2,(H,16,17). The van der Waals surface area contributed by atoms with Crippen molar-refractivity contribution in [2.75, 3.05) is 0 Å². The summed E-state index contributed by atoms with van der Waals surface area (Å²) in [6.07, 6.45) is 2.83. The van der Waals surface area contributed by atoms with E-state index in [0.29, 0.717) is 10.0 Å². The number of benzene rings is 1. The highest BCUT2D eigenvalue weighted by molar-refractivity contribution is 9.10. The summed E-state index contributed by atoms with van der Waals surface area (Å²) in [5.74, 6) is -0.708. The number of halogens is 3. The normalized spacial score (nSPS) is 23.7. The van der Waals surface area contributed by atoms with Crippen molar-refractivity contribution in [2.24, 2.45) is 0 Å². The smallest absolute Gasteiger partial charge is 0.251 e. The second-order valence-corrected chi connectivity index (χ2v) is 5.57. The van der Waals surface area contributed by atoms with Crippen molar-refractivity contribution in [2.45, 2.75) is 30.7 Å². The minimum absolute atomic E-state index is 0.00382. The number of alkyl halides is 1. The summed E-state index contributed by atoms with van der Waals surface area (Å²) in [5, 5.41) is 2.82. The number of hydrogen-bond donors (Lipinski definition) is 1. The van der Waals surface area contributed by atoms with E-state index in [1.165, 1.54) is 12.1 Å². The fourth-order valence-electron chi connectivity index (χ4n) is 1.97. The zero-order valence-corrected chi connectivity index (χ0v) is 11.4. The molecule has 2 atom stereocenters. The Morgan fingerprint density at radius 1 is 1.47 bits per heavy atom. The molecule has 1 saturated carbocycles. The molecule has 1 fully saturated rings. The van der Waals surface area contributed by atoms with E-state index in [2.05, 4.69) is 21.2 Å². The van der Waals surface area contributed by atoms with Gasteiger partial charge in [0, 0.05) is 11.6 Å². The molecule has 1 aromatic carbocycles. The Balaban J connectivity index is 2.06. The van der Waals surface area contributed by atoms with Crippen LogP contribution in [0.1, 0.15) is 29.6 Å². The van der Waals surface area contributed by atoms with Gasteiger partial charge < -0.3 is 5.32 Å². The molecule has 1 amide bonds. The number of hydrogen-bond acceptors (Lipinski definition) is 1. The molecule has 0 aliphatic heterocycles. The summed E-state index contributed by atoms with van der Waals surface area (Å²) in [6.45, 7) is 0. The fourth-order valence-corrected chi connectivity index (χ4v) is 2.56. The molecule has 2 rings (SSSR count). The monoisotopic (exact) mass is 319 g/mol. The van der Waals surface area contributed by atoms with Crippen LogP contribution in [0, 0.1) is 5.82 Å². The average molecular weight is 321 g/mol. The minimum atomic E-state index is -0.438. The maximum Gasteiger partial charge on any atom is 0.251 e. The summed E-state index contributed by atoms with van der Waals surface area (Å²) >= 11 is 9.12. The number of carbonyl (C=O) groups is 1. The van der Waals surface area contributed by atoms with E-state index in [0.717, 1.165) is 19.3 Å². The van der Waals surface area contributed by atoms with Gasteiger partial charge in [0.25, 0.3) is 5.91 Å². The van der Waals surface area contributed by atoms with Crippen molar-refractivity contribution in [1.29, 1.82) is 0 Å². The third-order valence-electron chi connectivity index (χ3n) is 2.93. The fraction of sp³-hybridized carbons (Fsp3) is 0.417. The Labute approximate surface area is 113 Å². The van der Waals surface area contributed by atoms with Crippen LogP contribution in [0.2, 0.25) is 0 Å². The first-order valence-electron chi connectivity index (χ1n) is 5.48. The van der Waals surface area contributed by atoms with Gasteiger partial charge in [0.1, 0.15) is 5.82 Å². The SMILES string of the molecule is O=C(NC1CCCC1Cl)c1ccc(Br)c(F)c1. The predicted molar refractivity (Wildman–Crippen MR) is 68.8 cm³/mol. The molecule has 1 aromatic rings. The molecule has 1 aliphatic rings. The van der Waals surface area contributed by atoms with Crippen LogP contribution in [0.25, 0.3) is 0 Å². The van der Waals surface area contributed by atoms with E-state index < -0.39 is 5.82 Å². The summed E-state index contributed by atoms with van der Waals surface area (Å²) in [6, 6.07) is 4.32. The predicted octanol–water partition coefficient (Wildman–Crippen LogP) is 3.48. The maximum absolute atomic E-state index is 13.3. The molecular formula is C12H12BrClFNO. The van der Waals surface area contributed by atoms with E-state index in [1.807, 2.05) is 0 Å². The molecule has 5 heteroatoms. The Bertz CT molecular complexity index is 441. The van der Waals surface area contributed by atoms with E-state index in [1.54, 1.807) is 6.07 Å². The zero-order valence-electron chi connectivity index (χ0n) is 9.05. The lowest BCUT2D eigenvalue weighted by atomic mass is 10.1. The van der Waals surface area contributed by atoms with Gasteiger partial charge in [0.2, 0.25) is 0 Å². The van der Waals surface area contributed by atoms with Crippen LogP contribution in [0.5, 0.6) is 0 Å². The van der Waals surface area contributed by atoms with Gasteiger partial charge in [-0.3, -0.25) is 4.79 Å². The third-order valence-corrected chi connectivity index (χ3v) is 4.10. The third kappa shape index (κ3) is 2.99. The van der Waals surface area contributed by atoms with Crippen LogP contribution < -0.4 is 5.32 Å². The lowest BCUT2D eigenvalue weighted by molar-refractivity contribution is 0.0938. The Morgan fingerprint density at radius 3 is 2.82 bits per heavy atom. The number of carbonyl (C=O) groups excluding carboxylic acids is 1. The van der Waals surface area contributed by atoms with Crippen molar-refractivity contribution in [3.63, 3.8) is 0 Å². The van der Waals surface area contributed by atoms with Gasteiger partial charge in [-0.25, -0.2) is 4.39 Å². The first kappa shape index (κ1) is 12.8. The van der Waals surface area contributed by atoms with Crippen molar-refractivity contribution >= 4 is 33.4 Å². The van der Waals surface area contributed by atoms with E-state index in [9.17, 15) is 9.18 Å². The molecule has 0 aromatic heterocycles. The molecule has 17 heavy (non-hydrogen) atoms. The first-order chi connectivity index (χ1) is 8.08. The highest BCUT2D eigenvalue weighted by Gasteiger charge is 2.27. The minimum Gasteiger partial charge on any atom is -0.348 e. The molecule has 0 spiro atoms. The van der Waals surface area contributed by atoms with Crippen LogP contribution in [-0.4, -0.2) is 17.3 Å². The molecule has 92 valence electrons. The molecule has 0 heterocycles. The quantitative estimate of drug-likeness (QED) is 0.831. The molecule has 0 radical (unpaired) electrons. The second kappa shape index (κ2) is 5.36. The van der Waals surface area contributed by atoms with Crippen molar-refractivity contribution in [3.05, 3.63) is 34.1 Å². The molecule has 1 aliphatic carbocycles. The van der Waals surface area contributed by atoms with Crippen LogP contribution in [0.3, 0.4) is 0 Å². The average Bonchev–Trinajstić information content (AvgIpc) is 2.68. The zero-order chi connectivity index (χ0) is 12.4. The van der Waals surface area contributed by atoms with Crippen molar-refractivity contribution in [1.82, 2.24) is 5.32 Å². The summed E-state index contributed by atoms with van der Waals surface area (Å²) < 4.78 is 13.6. The molecule has 1 N–H and O–H groups in total. The lowest BCUT2D eigenvalue weighted by Gasteiger charge is -2.15. The van der Waals surface area contributed by atoms with Gasteiger partial charge in [0.15, 0.2) is 0 Å². The lowest BCUT2D eigenvalue weighted by Crippen LogP contribution is -2.37. The van der Waals surface area contributed by atoms with Crippen molar-refractivity contribution in [3.8, 4) is 0 Å². The highest BCUT2D eigenvalue weighted by atomic mass is 79.9. The van der Waals surface area contributed by atoms with Crippen LogP contribution in [-0.2, 0) is 0 Å². The Kier molecular flexibility index (Phi) is 4.05. The van der Waals surface area contributed by atoms with Gasteiger partial charge in [-0.1, -0.05) is 0 Å². The van der Waals surface area contributed by atoms with Crippen LogP contribution in [0.15, 0.2) is 22.7 Å². The number of rotatable bonds is 2. The molecule has 2 nitrogen and oxygen atoms in total. The van der Waals surface area contributed by atoms with Crippen LogP contribution >= 0.6 is 27.5 Å². The van der Waals surface area contributed by atoms with Crippen molar-refractivity contribution < 1.29 is 9.18 Å². The maximum atomic E-state index is 13.3. The van der Waals surface area contributed by atoms with Gasteiger partial charge in [-0.15, -0.1) is 11.6 Å². The second-order valence-electron chi connectivity index (χ2n) is 4.16. The van der Waals surface area contributed by atoms with Gasteiger partial charge in [0.05, 0.1) is 9.85 Å². The Morgan fingerprint density at radius 2 is 2.24 bits per heavy atom. The molecule has 2 unspecified atom stereocenters. The number of nitrogens with one attached hydrogen (secondary N) is 1. The summed E-state index contributed by atoms with van der Waals surface area (Å²) in [5.41, 5.74) is 0.321. The first-order valence-corrected chi connectivity index (χ1v) is 6.71. The van der Waals surface area contributed by atoms with Gasteiger partial charge in [-0.2, -0.15) is 0 Å². The van der Waals surface area contributed by atoms with E-state index in [-0.39, 0.29) is 17.3 Å². The van der Waals surface area contributed by atoms with Gasteiger partial charge in [-0.05, 0) is 53.4 Å². The highest BCUT2D eigenvalue weighted by Crippen LogP contribution is 2.24. The van der Waals surface area contributed by atoms with Crippen LogP contribution in [0.4, 0.5) is 4.39 Å². The molecule has 0 saturated heterocycles. The topological polar surface area (TPSA) is 29.1 Å². The van der Waals surface area contributed by atoms with E-state index >= 15 is 0 Å². The number of amides is 1. The largest absolute Gasteiger partial charge is 0.348 e. The Hall–Kier alpha value is -0.610. The van der Waals surface area contributed by atoms with Gasteiger partial charge >= 0.3 is 0 Å². The summed E-state index contributed by atoms with van der Waals surface area (Å²) in [4.78, 5) is 11.9.